The fourth-order valence-corrected chi connectivity index (χ4v) is 1.28. The molecule has 11 heavy (non-hydrogen) atoms. The van der Waals surface area contributed by atoms with Crippen molar-refractivity contribution in [3.8, 4) is 0 Å². The Kier molecular flexibility index (Phi) is 4.72. The molecule has 1 aliphatic heterocycles. The number of carbonyl (C=O) groups is 1. The van der Waals surface area contributed by atoms with Crippen molar-refractivity contribution in [3.63, 3.8) is 0 Å². The van der Waals surface area contributed by atoms with Gasteiger partial charge >= 0.3 is 0 Å². The molecule has 3 nitrogen and oxygen atoms in total. The Morgan fingerprint density at radius 3 is 2.00 bits per heavy atom. The summed E-state index contributed by atoms with van der Waals surface area (Å²) in [5.41, 5.74) is 0. The van der Waals surface area contributed by atoms with Gasteiger partial charge in [-0.3, -0.25) is 4.79 Å². The minimum atomic E-state index is -1.50. The van der Waals surface area contributed by atoms with Gasteiger partial charge in [0.05, 0.1) is 0 Å². The zero-order chi connectivity index (χ0) is 8.91. The lowest BCUT2D eigenvalue weighted by atomic mass is 10.4. The lowest BCUT2D eigenvalue weighted by Crippen LogP contribution is -2.15. The molecule has 0 aliphatic carbocycles. The number of thioether (sulfide) groups is 1. The Morgan fingerprint density at radius 1 is 1.45 bits per heavy atom. The lowest BCUT2D eigenvalue weighted by molar-refractivity contribution is -0.127. The van der Waals surface area contributed by atoms with E-state index < -0.39 is 5.79 Å². The van der Waals surface area contributed by atoms with E-state index in [0.717, 1.165) is 18.6 Å². The first-order valence-electron chi connectivity index (χ1n) is 3.50. The monoisotopic (exact) mass is 178 g/mol. The van der Waals surface area contributed by atoms with Crippen molar-refractivity contribution in [3.05, 3.63) is 0 Å². The van der Waals surface area contributed by atoms with Gasteiger partial charge in [-0.1, -0.05) is 11.8 Å². The normalized spacial score (nSPS) is 17.6. The highest BCUT2D eigenvalue weighted by Gasteiger charge is 2.08. The fraction of sp³-hybridized carbons (Fsp3) is 0.857. The Balaban J connectivity index is 0.000000187. The van der Waals surface area contributed by atoms with Gasteiger partial charge in [0.25, 0.3) is 0 Å². The second kappa shape index (κ2) is 4.74. The number of carbonyl (C=O) groups excluding carboxylic acids is 1. The van der Waals surface area contributed by atoms with E-state index in [0.29, 0.717) is 5.12 Å². The molecule has 2 N–H and O–H groups in total. The zero-order valence-corrected chi connectivity index (χ0v) is 7.65. The second-order valence-electron chi connectivity index (χ2n) is 2.82. The van der Waals surface area contributed by atoms with E-state index in [1.165, 1.54) is 25.6 Å². The summed E-state index contributed by atoms with van der Waals surface area (Å²) in [5.74, 6) is -0.446. The molecule has 1 heterocycles. The van der Waals surface area contributed by atoms with Crippen LogP contribution in [0.4, 0.5) is 0 Å². The first kappa shape index (κ1) is 10.9. The molecule has 0 saturated carbocycles. The number of hydrogen-bond donors (Lipinski definition) is 2. The van der Waals surface area contributed by atoms with E-state index in [1.807, 2.05) is 0 Å². The molecule has 0 aromatic rings. The van der Waals surface area contributed by atoms with Gasteiger partial charge in [-0.05, 0) is 20.3 Å². The molecule has 1 saturated heterocycles. The third-order valence-electron chi connectivity index (χ3n) is 0.788. The van der Waals surface area contributed by atoms with Crippen molar-refractivity contribution < 1.29 is 15.0 Å². The lowest BCUT2D eigenvalue weighted by Gasteiger charge is -2.03. The van der Waals surface area contributed by atoms with Gasteiger partial charge in [0.15, 0.2) is 10.9 Å². The smallest absolute Gasteiger partial charge is 0.188 e. The molecule has 0 radical (unpaired) electrons. The molecule has 0 atom stereocenters. The predicted octanol–water partition coefficient (Wildman–Crippen LogP) is 0.747. The molecular formula is C7H14O3S. The molecule has 0 bridgehead atoms. The van der Waals surface area contributed by atoms with E-state index in [9.17, 15) is 4.79 Å². The Morgan fingerprint density at radius 2 is 1.91 bits per heavy atom. The summed E-state index contributed by atoms with van der Waals surface area (Å²) in [5, 5.41) is 16.5. The first-order valence-corrected chi connectivity index (χ1v) is 4.48. The summed E-state index contributed by atoms with van der Waals surface area (Å²) < 4.78 is 0. The average Bonchev–Trinajstić information content (AvgIpc) is 2.12. The molecule has 4 heteroatoms. The van der Waals surface area contributed by atoms with Crippen LogP contribution in [0.5, 0.6) is 0 Å². The molecular weight excluding hydrogens is 164 g/mol. The molecule has 1 rings (SSSR count). The molecule has 0 unspecified atom stereocenters. The van der Waals surface area contributed by atoms with Gasteiger partial charge in [-0.25, -0.2) is 0 Å². The summed E-state index contributed by atoms with van der Waals surface area (Å²) in [7, 11) is 0. The Hall–Kier alpha value is -0.0600. The van der Waals surface area contributed by atoms with Crippen LogP contribution in [0.2, 0.25) is 0 Å². The van der Waals surface area contributed by atoms with Crippen LogP contribution in [0.1, 0.15) is 26.7 Å². The summed E-state index contributed by atoms with van der Waals surface area (Å²) in [6.07, 6.45) is 1.91. The van der Waals surface area contributed by atoms with Gasteiger partial charge in [0.2, 0.25) is 0 Å². The van der Waals surface area contributed by atoms with Crippen LogP contribution in [0.3, 0.4) is 0 Å². The van der Waals surface area contributed by atoms with Gasteiger partial charge in [-0.2, -0.15) is 0 Å². The maximum absolute atomic E-state index is 10.2. The van der Waals surface area contributed by atoms with Crippen molar-refractivity contribution in [2.24, 2.45) is 0 Å². The zero-order valence-electron chi connectivity index (χ0n) is 6.83. The van der Waals surface area contributed by atoms with Crippen LogP contribution >= 0.6 is 11.8 Å². The minimum absolute atomic E-state index is 0.370. The van der Waals surface area contributed by atoms with Crippen LogP contribution in [-0.2, 0) is 4.79 Å². The second-order valence-corrected chi connectivity index (χ2v) is 3.97. The Labute approximate surface area is 70.8 Å². The quantitative estimate of drug-likeness (QED) is 0.537. The van der Waals surface area contributed by atoms with Gasteiger partial charge in [0, 0.05) is 12.2 Å². The van der Waals surface area contributed by atoms with Crippen molar-refractivity contribution in [2.45, 2.75) is 32.5 Å². The predicted molar refractivity (Wildman–Crippen MR) is 45.2 cm³/mol. The third kappa shape index (κ3) is 13.0. The van der Waals surface area contributed by atoms with E-state index in [4.69, 9.17) is 10.2 Å². The van der Waals surface area contributed by atoms with Crippen LogP contribution in [0.15, 0.2) is 0 Å². The van der Waals surface area contributed by atoms with E-state index in [2.05, 4.69) is 0 Å². The van der Waals surface area contributed by atoms with E-state index >= 15 is 0 Å². The van der Waals surface area contributed by atoms with Crippen molar-refractivity contribution in [1.29, 1.82) is 0 Å². The van der Waals surface area contributed by atoms with Crippen molar-refractivity contribution in [1.82, 2.24) is 0 Å². The maximum atomic E-state index is 10.2. The largest absolute Gasteiger partial charge is 0.366 e. The topological polar surface area (TPSA) is 57.5 Å². The van der Waals surface area contributed by atoms with Crippen LogP contribution in [-0.4, -0.2) is 26.9 Å². The van der Waals surface area contributed by atoms with Crippen LogP contribution in [0.25, 0.3) is 0 Å². The minimum Gasteiger partial charge on any atom is -0.366 e. The van der Waals surface area contributed by atoms with Gasteiger partial charge in [0.1, 0.15) is 0 Å². The standard InChI is InChI=1S/C4H6OS.C3H8O2/c5-4-2-1-3-6-4;1-3(2,4)5/h1-3H2;4-5H,1-2H3. The highest BCUT2D eigenvalue weighted by Crippen LogP contribution is 2.17. The SMILES string of the molecule is CC(C)(O)O.O=C1CCCS1. The third-order valence-corrected chi connectivity index (χ3v) is 1.81. The van der Waals surface area contributed by atoms with Crippen LogP contribution < -0.4 is 0 Å². The van der Waals surface area contributed by atoms with Gasteiger partial charge < -0.3 is 10.2 Å². The summed E-state index contributed by atoms with van der Waals surface area (Å²) >= 11 is 1.46. The number of aliphatic hydroxyl groups is 2. The summed E-state index contributed by atoms with van der Waals surface area (Å²) in [4.78, 5) is 10.2. The molecule has 66 valence electrons. The fourth-order valence-electron chi connectivity index (χ4n) is 0.475. The molecule has 1 fully saturated rings. The number of rotatable bonds is 0. The average molecular weight is 178 g/mol. The molecule has 0 spiro atoms. The van der Waals surface area contributed by atoms with Gasteiger partial charge in [-0.15, -0.1) is 0 Å². The van der Waals surface area contributed by atoms with E-state index in [1.54, 1.807) is 0 Å². The molecule has 0 amide bonds. The summed E-state index contributed by atoms with van der Waals surface area (Å²) in [6.45, 7) is 2.60. The van der Waals surface area contributed by atoms with Crippen molar-refractivity contribution >= 4 is 16.9 Å². The molecule has 0 aromatic heterocycles. The maximum Gasteiger partial charge on any atom is 0.188 e. The molecule has 0 aromatic carbocycles. The molecule has 1 aliphatic rings. The van der Waals surface area contributed by atoms with E-state index in [-0.39, 0.29) is 0 Å². The number of hydrogen-bond acceptors (Lipinski definition) is 4. The Bertz CT molecular complexity index is 114. The highest BCUT2D eigenvalue weighted by atomic mass is 32.2. The highest BCUT2D eigenvalue weighted by molar-refractivity contribution is 8.14. The summed E-state index contributed by atoms with van der Waals surface area (Å²) in [6, 6.07) is 0. The first-order chi connectivity index (χ1) is 4.89. The van der Waals surface area contributed by atoms with Crippen molar-refractivity contribution in [2.75, 3.05) is 5.75 Å². The van der Waals surface area contributed by atoms with Crippen LogP contribution in [0, 0.1) is 0 Å².